The maximum Gasteiger partial charge on any atom is 0.219 e. The van der Waals surface area contributed by atoms with Crippen LogP contribution < -0.4 is 0 Å². The number of ether oxygens (including phenoxy) is 1. The summed E-state index contributed by atoms with van der Waals surface area (Å²) in [4.78, 5) is 11.4. The largest absolute Gasteiger partial charge is 0.490 e. The molecule has 1 aromatic rings. The number of rotatable bonds is 5. The van der Waals surface area contributed by atoms with Gasteiger partial charge in [0.05, 0.1) is 6.61 Å². The van der Waals surface area contributed by atoms with E-state index < -0.39 is 0 Å². The van der Waals surface area contributed by atoms with E-state index in [1.165, 1.54) is 6.08 Å². The van der Waals surface area contributed by atoms with Crippen molar-refractivity contribution in [3.8, 4) is 0 Å². The quantitative estimate of drug-likeness (QED) is 0.542. The van der Waals surface area contributed by atoms with Crippen molar-refractivity contribution in [2.75, 3.05) is 6.61 Å². The summed E-state index contributed by atoms with van der Waals surface area (Å²) in [6, 6.07) is 9.61. The Balaban J connectivity index is 2.59. The standard InChI is InChI=1S/C13H14O2/c1-3-15-11(2)13(14)10-9-12-7-5-4-6-8-12/h4-10H,2-3H2,1H3. The molecule has 0 saturated heterocycles. The molecule has 0 radical (unpaired) electrons. The highest BCUT2D eigenvalue weighted by Gasteiger charge is 2.01. The highest BCUT2D eigenvalue weighted by molar-refractivity contribution is 6.04. The van der Waals surface area contributed by atoms with Gasteiger partial charge in [0.1, 0.15) is 0 Å². The lowest BCUT2D eigenvalue weighted by molar-refractivity contribution is -0.114. The summed E-state index contributed by atoms with van der Waals surface area (Å²) in [6.07, 6.45) is 3.21. The van der Waals surface area contributed by atoms with Crippen molar-refractivity contribution in [3.63, 3.8) is 0 Å². The summed E-state index contributed by atoms with van der Waals surface area (Å²) in [5.41, 5.74) is 0.982. The van der Waals surface area contributed by atoms with Gasteiger partial charge >= 0.3 is 0 Å². The summed E-state index contributed by atoms with van der Waals surface area (Å²) in [5.74, 6) is -0.00890. The first-order chi connectivity index (χ1) is 7.24. The monoisotopic (exact) mass is 202 g/mol. The molecule has 1 aromatic carbocycles. The van der Waals surface area contributed by atoms with Crippen molar-refractivity contribution in [1.82, 2.24) is 0 Å². The van der Waals surface area contributed by atoms with E-state index in [9.17, 15) is 4.79 Å². The Morgan fingerprint density at radius 1 is 1.40 bits per heavy atom. The lowest BCUT2D eigenvalue weighted by Crippen LogP contribution is -2.01. The molecule has 0 aromatic heterocycles. The molecule has 0 aliphatic heterocycles. The number of hydrogen-bond donors (Lipinski definition) is 0. The Bertz CT molecular complexity index is 363. The number of carbonyl (C=O) groups is 1. The fraction of sp³-hybridized carbons (Fsp3) is 0.154. The van der Waals surface area contributed by atoms with Crippen LogP contribution in [-0.2, 0) is 9.53 Å². The Morgan fingerprint density at radius 3 is 2.67 bits per heavy atom. The molecule has 0 spiro atoms. The van der Waals surface area contributed by atoms with Gasteiger partial charge in [0.25, 0.3) is 0 Å². The minimum absolute atomic E-state index is 0.185. The van der Waals surface area contributed by atoms with E-state index in [2.05, 4.69) is 6.58 Å². The van der Waals surface area contributed by atoms with E-state index in [1.54, 1.807) is 6.08 Å². The van der Waals surface area contributed by atoms with E-state index in [1.807, 2.05) is 37.3 Å². The zero-order valence-electron chi connectivity index (χ0n) is 8.77. The fourth-order valence-electron chi connectivity index (χ4n) is 1.07. The van der Waals surface area contributed by atoms with Crippen LogP contribution in [-0.4, -0.2) is 12.4 Å². The van der Waals surface area contributed by atoms with Gasteiger partial charge < -0.3 is 4.74 Å². The van der Waals surface area contributed by atoms with E-state index in [-0.39, 0.29) is 11.5 Å². The van der Waals surface area contributed by atoms with Crippen LogP contribution in [0.25, 0.3) is 6.08 Å². The molecular weight excluding hydrogens is 188 g/mol. The molecule has 2 heteroatoms. The molecule has 0 saturated carbocycles. The van der Waals surface area contributed by atoms with Crippen molar-refractivity contribution in [3.05, 3.63) is 54.3 Å². The van der Waals surface area contributed by atoms with Crippen LogP contribution in [0.2, 0.25) is 0 Å². The van der Waals surface area contributed by atoms with Crippen molar-refractivity contribution in [2.45, 2.75) is 6.92 Å². The van der Waals surface area contributed by atoms with Crippen LogP contribution in [0.1, 0.15) is 12.5 Å². The van der Waals surface area contributed by atoms with Gasteiger partial charge in [-0.25, -0.2) is 0 Å². The van der Waals surface area contributed by atoms with Gasteiger partial charge in [0, 0.05) is 0 Å². The topological polar surface area (TPSA) is 26.3 Å². The first-order valence-electron chi connectivity index (χ1n) is 4.83. The minimum Gasteiger partial charge on any atom is -0.490 e. The Hall–Kier alpha value is -1.83. The van der Waals surface area contributed by atoms with Gasteiger partial charge in [-0.1, -0.05) is 43.0 Å². The predicted octanol–water partition coefficient (Wildman–Crippen LogP) is 2.82. The van der Waals surface area contributed by atoms with E-state index in [4.69, 9.17) is 4.74 Å². The molecule has 0 bridgehead atoms. The number of hydrogen-bond acceptors (Lipinski definition) is 2. The van der Waals surface area contributed by atoms with Gasteiger partial charge in [-0.3, -0.25) is 4.79 Å². The predicted molar refractivity (Wildman–Crippen MR) is 61.2 cm³/mol. The van der Waals surface area contributed by atoms with Crippen LogP contribution in [0.15, 0.2) is 48.7 Å². The lowest BCUT2D eigenvalue weighted by atomic mass is 10.2. The molecule has 0 aliphatic carbocycles. The normalized spacial score (nSPS) is 10.2. The summed E-state index contributed by atoms with van der Waals surface area (Å²) >= 11 is 0. The van der Waals surface area contributed by atoms with E-state index >= 15 is 0 Å². The average Bonchev–Trinajstić information content (AvgIpc) is 2.27. The fourth-order valence-corrected chi connectivity index (χ4v) is 1.07. The Labute approximate surface area is 89.9 Å². The minimum atomic E-state index is -0.194. The number of ketones is 1. The van der Waals surface area contributed by atoms with Crippen molar-refractivity contribution >= 4 is 11.9 Å². The molecule has 78 valence electrons. The highest BCUT2D eigenvalue weighted by Crippen LogP contribution is 2.03. The third-order valence-electron chi connectivity index (χ3n) is 1.82. The van der Waals surface area contributed by atoms with E-state index in [0.717, 1.165) is 5.56 Å². The number of benzene rings is 1. The molecule has 0 aliphatic rings. The molecular formula is C13H14O2. The summed E-state index contributed by atoms with van der Waals surface area (Å²) < 4.78 is 5.00. The SMILES string of the molecule is C=C(OCC)C(=O)C=Cc1ccccc1. The van der Waals surface area contributed by atoms with E-state index in [0.29, 0.717) is 6.61 Å². The van der Waals surface area contributed by atoms with Crippen LogP contribution in [0.4, 0.5) is 0 Å². The molecule has 0 unspecified atom stereocenters. The second-order valence-electron chi connectivity index (χ2n) is 2.96. The highest BCUT2D eigenvalue weighted by atomic mass is 16.5. The molecule has 0 N–H and O–H groups in total. The van der Waals surface area contributed by atoms with Gasteiger partial charge in [-0.15, -0.1) is 0 Å². The molecule has 15 heavy (non-hydrogen) atoms. The summed E-state index contributed by atoms with van der Waals surface area (Å²) in [7, 11) is 0. The lowest BCUT2D eigenvalue weighted by Gasteiger charge is -2.01. The molecule has 0 atom stereocenters. The Morgan fingerprint density at radius 2 is 2.07 bits per heavy atom. The van der Waals surface area contributed by atoms with Crippen LogP contribution in [0, 0.1) is 0 Å². The molecule has 0 amide bonds. The summed E-state index contributed by atoms with van der Waals surface area (Å²) in [6.45, 7) is 5.81. The average molecular weight is 202 g/mol. The smallest absolute Gasteiger partial charge is 0.219 e. The van der Waals surface area contributed by atoms with Gasteiger partial charge in [-0.2, -0.15) is 0 Å². The first-order valence-corrected chi connectivity index (χ1v) is 4.83. The summed E-state index contributed by atoms with van der Waals surface area (Å²) in [5, 5.41) is 0. The second kappa shape index (κ2) is 5.81. The van der Waals surface area contributed by atoms with Crippen LogP contribution in [0.5, 0.6) is 0 Å². The molecule has 0 fully saturated rings. The third-order valence-corrected chi connectivity index (χ3v) is 1.82. The van der Waals surface area contributed by atoms with Crippen LogP contribution >= 0.6 is 0 Å². The van der Waals surface area contributed by atoms with Gasteiger partial charge in [0.2, 0.25) is 5.78 Å². The van der Waals surface area contributed by atoms with Crippen molar-refractivity contribution < 1.29 is 9.53 Å². The van der Waals surface area contributed by atoms with Gasteiger partial charge in [0.15, 0.2) is 5.76 Å². The Kier molecular flexibility index (Phi) is 4.35. The van der Waals surface area contributed by atoms with Crippen molar-refractivity contribution in [1.29, 1.82) is 0 Å². The third kappa shape index (κ3) is 3.81. The number of allylic oxidation sites excluding steroid dienone is 1. The second-order valence-corrected chi connectivity index (χ2v) is 2.96. The molecule has 0 heterocycles. The van der Waals surface area contributed by atoms with Gasteiger partial charge in [-0.05, 0) is 18.6 Å². The molecule has 2 nitrogen and oxygen atoms in total. The first kappa shape index (κ1) is 11.2. The number of carbonyl (C=O) groups excluding carboxylic acids is 1. The maximum absolute atomic E-state index is 11.4. The maximum atomic E-state index is 11.4. The zero-order chi connectivity index (χ0) is 11.1. The van der Waals surface area contributed by atoms with Crippen molar-refractivity contribution in [2.24, 2.45) is 0 Å². The molecule has 1 rings (SSSR count). The zero-order valence-corrected chi connectivity index (χ0v) is 8.77. The van der Waals surface area contributed by atoms with Crippen LogP contribution in [0.3, 0.4) is 0 Å².